The molecule has 3 aromatic rings. The number of nitrogens with zero attached hydrogens (tertiary/aromatic N) is 5. The van der Waals surface area contributed by atoms with E-state index in [2.05, 4.69) is 15.0 Å². The molecular formula is C27H29BClF2N5O3. The number of aryl methyl sites for hydroxylation is 1. The predicted molar refractivity (Wildman–Crippen MR) is 146 cm³/mol. The minimum absolute atomic E-state index is 0. The Hall–Kier alpha value is -3.57. The van der Waals surface area contributed by atoms with Crippen LogP contribution in [0.15, 0.2) is 53.2 Å². The van der Waals surface area contributed by atoms with Crippen LogP contribution in [0, 0.1) is 18.6 Å². The molecule has 0 amide bonds. The van der Waals surface area contributed by atoms with Gasteiger partial charge in [-0.15, -0.1) is 0 Å². The summed E-state index contributed by atoms with van der Waals surface area (Å²) in [6.07, 6.45) is 6.12. The third-order valence-corrected chi connectivity index (χ3v) is 6.33. The van der Waals surface area contributed by atoms with Crippen LogP contribution in [0.5, 0.6) is 5.75 Å². The topological polar surface area (TPSA) is 93.4 Å². The maximum atomic E-state index is 14.1. The number of halogens is 3. The van der Waals surface area contributed by atoms with Crippen LogP contribution in [0.2, 0.25) is 5.02 Å². The monoisotopic (exact) mass is 555 g/mol. The lowest BCUT2D eigenvalue weighted by Gasteiger charge is -2.31. The molecule has 2 atom stereocenters. The van der Waals surface area contributed by atoms with Crippen LogP contribution in [-0.4, -0.2) is 44.4 Å². The van der Waals surface area contributed by atoms with Crippen molar-refractivity contribution in [1.29, 1.82) is 0 Å². The van der Waals surface area contributed by atoms with Crippen LogP contribution in [0.4, 0.5) is 8.78 Å². The van der Waals surface area contributed by atoms with Crippen molar-refractivity contribution in [1.82, 2.24) is 24.4 Å². The van der Waals surface area contributed by atoms with E-state index < -0.39 is 28.8 Å². The highest BCUT2D eigenvalue weighted by atomic mass is 35.5. The molecule has 0 saturated carbocycles. The Labute approximate surface area is 232 Å². The highest BCUT2D eigenvalue weighted by Crippen LogP contribution is 2.34. The summed E-state index contributed by atoms with van der Waals surface area (Å²) < 4.78 is 34.3. The average Bonchev–Trinajstić information content (AvgIpc) is 2.83. The van der Waals surface area contributed by atoms with E-state index in [0.717, 1.165) is 11.8 Å². The number of allylic oxidation sites excluding steroid dienone is 2. The van der Waals surface area contributed by atoms with Gasteiger partial charge in [-0.05, 0) is 45.4 Å². The molecule has 0 spiro atoms. The van der Waals surface area contributed by atoms with E-state index in [0.29, 0.717) is 23.2 Å². The highest BCUT2D eigenvalue weighted by molar-refractivity contribution is 6.32. The van der Waals surface area contributed by atoms with Gasteiger partial charge in [-0.1, -0.05) is 19.0 Å². The summed E-state index contributed by atoms with van der Waals surface area (Å²) in [5.74, 6) is -1.65. The predicted octanol–water partition coefficient (Wildman–Crippen LogP) is 4.81. The van der Waals surface area contributed by atoms with Gasteiger partial charge in [0.1, 0.15) is 35.7 Å². The van der Waals surface area contributed by atoms with Crippen molar-refractivity contribution in [2.24, 2.45) is 0 Å². The number of hydrogen-bond donors (Lipinski definition) is 1. The summed E-state index contributed by atoms with van der Waals surface area (Å²) >= 11 is 6.39. The van der Waals surface area contributed by atoms with Crippen molar-refractivity contribution in [2.75, 3.05) is 7.05 Å². The lowest BCUT2D eigenvalue weighted by molar-refractivity contribution is 0.0682. The summed E-state index contributed by atoms with van der Waals surface area (Å²) in [5, 5.41) is 10.1. The Balaban J connectivity index is 0.00000420. The molecule has 2 unspecified atom stereocenters. The number of rotatable bonds is 6. The number of aliphatic hydroxyl groups is 1. The zero-order valence-electron chi connectivity index (χ0n) is 21.4. The second-order valence-corrected chi connectivity index (χ2v) is 9.88. The molecule has 39 heavy (non-hydrogen) atoms. The average molecular weight is 556 g/mol. The Morgan fingerprint density at radius 3 is 2.56 bits per heavy atom. The van der Waals surface area contributed by atoms with Crippen LogP contribution >= 0.6 is 11.6 Å². The molecule has 4 rings (SSSR count). The van der Waals surface area contributed by atoms with E-state index in [1.807, 2.05) is 31.1 Å². The van der Waals surface area contributed by atoms with E-state index in [1.165, 1.54) is 10.6 Å². The zero-order chi connectivity index (χ0) is 27.9. The standard InChI is InChI=1S/C26H25BClF2N5O3.CH4/c1-13-12-34(5)19(17-6-7-31-25(33-17)26(3,4)37)10-18(13)35-14(2)8-20(21(28)24(35)36)38-23(27)22-16(30)9-15(29)11-32-22;/h6-12,19,23,37H,1-5H3;1H4. The Bertz CT molecular complexity index is 1520. The second kappa shape index (κ2) is 11.3. The minimum atomic E-state index is -1.43. The molecule has 204 valence electrons. The molecule has 1 N–H and O–H groups in total. The van der Waals surface area contributed by atoms with E-state index in [9.17, 15) is 18.7 Å². The van der Waals surface area contributed by atoms with Gasteiger partial charge in [0.25, 0.3) is 5.56 Å². The quantitative estimate of drug-likeness (QED) is 0.436. The maximum absolute atomic E-state index is 14.1. The van der Waals surface area contributed by atoms with Crippen molar-refractivity contribution < 1.29 is 18.6 Å². The zero-order valence-corrected chi connectivity index (χ0v) is 22.2. The van der Waals surface area contributed by atoms with Gasteiger partial charge < -0.3 is 14.7 Å². The largest absolute Gasteiger partial charge is 0.492 e. The number of pyridine rings is 2. The van der Waals surface area contributed by atoms with Gasteiger partial charge >= 0.3 is 0 Å². The normalized spacial score (nSPS) is 16.2. The fourth-order valence-electron chi connectivity index (χ4n) is 4.12. The third-order valence-electron chi connectivity index (χ3n) is 5.98. The smallest absolute Gasteiger partial charge is 0.277 e. The van der Waals surface area contributed by atoms with Gasteiger partial charge in [0.2, 0.25) is 0 Å². The van der Waals surface area contributed by atoms with Crippen LogP contribution in [0.1, 0.15) is 63.1 Å². The maximum Gasteiger partial charge on any atom is 0.277 e. The van der Waals surface area contributed by atoms with Crippen molar-refractivity contribution >= 4 is 25.1 Å². The first-order valence-electron chi connectivity index (χ1n) is 11.6. The SMILES string of the molecule is C.[B]C(Oc1cc(C)n(C2=CC(c3ccnc(C(C)(C)O)n3)N(C)C=C2C)c(=O)c1Cl)c1ncc(F)cc1F. The highest BCUT2D eigenvalue weighted by Gasteiger charge is 2.27. The molecule has 0 saturated heterocycles. The molecule has 0 bridgehead atoms. The van der Waals surface area contributed by atoms with E-state index in [1.54, 1.807) is 33.0 Å². The number of ether oxygens (including phenoxy) is 1. The van der Waals surface area contributed by atoms with E-state index in [-0.39, 0.29) is 35.8 Å². The molecule has 8 nitrogen and oxygen atoms in total. The van der Waals surface area contributed by atoms with Gasteiger partial charge in [-0.2, -0.15) is 0 Å². The van der Waals surface area contributed by atoms with Gasteiger partial charge in [-0.3, -0.25) is 14.3 Å². The fraction of sp³-hybridized carbons (Fsp3) is 0.333. The van der Waals surface area contributed by atoms with Crippen LogP contribution < -0.4 is 10.3 Å². The van der Waals surface area contributed by atoms with Crippen molar-refractivity contribution in [3.63, 3.8) is 0 Å². The van der Waals surface area contributed by atoms with E-state index >= 15 is 0 Å². The van der Waals surface area contributed by atoms with Crippen molar-refractivity contribution in [3.8, 4) is 5.75 Å². The molecule has 0 aliphatic carbocycles. The van der Waals surface area contributed by atoms with Crippen molar-refractivity contribution in [2.45, 2.75) is 52.8 Å². The summed E-state index contributed by atoms with van der Waals surface area (Å²) in [5.41, 5.74) is 0.301. The molecule has 1 aliphatic rings. The Morgan fingerprint density at radius 2 is 1.92 bits per heavy atom. The van der Waals surface area contributed by atoms with Gasteiger partial charge in [0, 0.05) is 37.3 Å². The minimum Gasteiger partial charge on any atom is -0.492 e. The summed E-state index contributed by atoms with van der Waals surface area (Å²) in [7, 11) is 7.79. The number of hydrogen-bond acceptors (Lipinski definition) is 7. The molecule has 0 fully saturated rings. The van der Waals surface area contributed by atoms with E-state index in [4.69, 9.17) is 24.2 Å². The Kier molecular flexibility index (Phi) is 8.67. The first kappa shape index (κ1) is 30.0. The van der Waals surface area contributed by atoms with Crippen LogP contribution in [-0.2, 0) is 5.60 Å². The fourth-order valence-corrected chi connectivity index (χ4v) is 4.30. The Morgan fingerprint density at radius 1 is 1.23 bits per heavy atom. The molecule has 3 aromatic heterocycles. The lowest BCUT2D eigenvalue weighted by atomic mass is 9.95. The first-order valence-corrected chi connectivity index (χ1v) is 12.0. The van der Waals surface area contributed by atoms with Gasteiger partial charge in [0.15, 0.2) is 11.6 Å². The molecule has 2 radical (unpaired) electrons. The second-order valence-electron chi connectivity index (χ2n) is 9.50. The summed E-state index contributed by atoms with van der Waals surface area (Å²) in [4.78, 5) is 27.7. The van der Waals surface area contributed by atoms with Crippen LogP contribution in [0.25, 0.3) is 5.70 Å². The molecule has 1 aliphatic heterocycles. The number of likely N-dealkylation sites (N-methyl/N-ethyl adjacent to an activating group) is 1. The van der Waals surface area contributed by atoms with Gasteiger partial charge in [0.05, 0.1) is 29.6 Å². The van der Waals surface area contributed by atoms with Gasteiger partial charge in [-0.25, -0.2) is 18.7 Å². The molecule has 0 aromatic carbocycles. The van der Waals surface area contributed by atoms with Crippen molar-refractivity contribution in [3.05, 3.63) is 98.4 Å². The summed E-state index contributed by atoms with van der Waals surface area (Å²) in [6.45, 7) is 6.74. The molecule has 12 heteroatoms. The molecular weight excluding hydrogens is 527 g/mol. The first-order chi connectivity index (χ1) is 17.8. The van der Waals surface area contributed by atoms with Crippen LogP contribution in [0.3, 0.4) is 0 Å². The lowest BCUT2D eigenvalue weighted by Crippen LogP contribution is -2.29. The third kappa shape index (κ3) is 6.04. The summed E-state index contributed by atoms with van der Waals surface area (Å²) in [6, 6.07) is 2.07. The molecule has 4 heterocycles. The number of aromatic nitrogens is 4.